The zero-order valence-corrected chi connectivity index (χ0v) is 12.5. The molecular weight excluding hydrogens is 298 g/mol. The fourth-order valence-corrected chi connectivity index (χ4v) is 2.66. The van der Waals surface area contributed by atoms with Gasteiger partial charge in [-0.3, -0.25) is 9.17 Å². The van der Waals surface area contributed by atoms with Crippen LogP contribution in [0.5, 0.6) is 0 Å². The van der Waals surface area contributed by atoms with Crippen LogP contribution in [0.1, 0.15) is 18.1 Å². The van der Waals surface area contributed by atoms with E-state index in [4.69, 9.17) is 15.8 Å². The molecular formula is C14H14ClNO3S. The molecule has 0 aliphatic heterocycles. The molecule has 0 saturated heterocycles. The number of aryl methyl sites for hydroxylation is 1. The molecule has 0 N–H and O–H groups in total. The van der Waals surface area contributed by atoms with Crippen molar-refractivity contribution in [1.29, 1.82) is 0 Å². The van der Waals surface area contributed by atoms with Crippen molar-refractivity contribution in [3.8, 4) is 0 Å². The van der Waals surface area contributed by atoms with E-state index >= 15 is 0 Å². The first-order valence-electron chi connectivity index (χ1n) is 6.09. The molecule has 0 spiro atoms. The van der Waals surface area contributed by atoms with Gasteiger partial charge in [0.2, 0.25) is 0 Å². The van der Waals surface area contributed by atoms with Crippen LogP contribution in [-0.4, -0.2) is 13.4 Å². The largest absolute Gasteiger partial charge is 0.297 e. The van der Waals surface area contributed by atoms with E-state index in [2.05, 4.69) is 4.98 Å². The maximum Gasteiger partial charge on any atom is 0.297 e. The molecule has 0 fully saturated rings. The number of hydrogen-bond donors (Lipinski definition) is 0. The molecule has 1 heterocycles. The Morgan fingerprint density at radius 2 is 1.90 bits per heavy atom. The normalized spacial score (nSPS) is 11.5. The highest BCUT2D eigenvalue weighted by Gasteiger charge is 2.15. The predicted molar refractivity (Wildman–Crippen MR) is 77.0 cm³/mol. The summed E-state index contributed by atoms with van der Waals surface area (Å²) < 4.78 is 29.1. The maximum absolute atomic E-state index is 12.0. The van der Waals surface area contributed by atoms with Gasteiger partial charge in [-0.1, -0.05) is 30.7 Å². The summed E-state index contributed by atoms with van der Waals surface area (Å²) in [6.07, 6.45) is 3.87. The summed E-state index contributed by atoms with van der Waals surface area (Å²) in [7, 11) is -3.79. The van der Waals surface area contributed by atoms with Gasteiger partial charge in [0.05, 0.1) is 11.5 Å². The number of aromatic nitrogens is 1. The summed E-state index contributed by atoms with van der Waals surface area (Å²) in [5.74, 6) is 0. The monoisotopic (exact) mass is 311 g/mol. The van der Waals surface area contributed by atoms with Gasteiger partial charge in [-0.15, -0.1) is 0 Å². The van der Waals surface area contributed by atoms with E-state index in [1.807, 2.05) is 6.92 Å². The van der Waals surface area contributed by atoms with Crippen LogP contribution in [-0.2, 0) is 27.3 Å². The minimum absolute atomic E-state index is 0.134. The van der Waals surface area contributed by atoms with E-state index in [0.29, 0.717) is 10.6 Å². The lowest BCUT2D eigenvalue weighted by molar-refractivity contribution is 0.307. The molecule has 4 nitrogen and oxygen atoms in total. The quantitative estimate of drug-likeness (QED) is 0.796. The summed E-state index contributed by atoms with van der Waals surface area (Å²) in [6.45, 7) is 1.87. The Morgan fingerprint density at radius 3 is 2.50 bits per heavy atom. The van der Waals surface area contributed by atoms with Gasteiger partial charge in [0.15, 0.2) is 0 Å². The molecule has 0 saturated carbocycles. The lowest BCUT2D eigenvalue weighted by Gasteiger charge is -2.07. The standard InChI is InChI=1S/C14H14ClNO3S/c1-2-11-3-5-13(6-4-11)20(17,18)19-10-12-9-16-8-7-14(12)15/h3-9H,2,10H2,1H3. The van der Waals surface area contributed by atoms with E-state index < -0.39 is 10.1 Å². The summed E-state index contributed by atoms with van der Waals surface area (Å²) in [5.41, 5.74) is 1.60. The molecule has 0 aliphatic carbocycles. The topological polar surface area (TPSA) is 56.3 Å². The average molecular weight is 312 g/mol. The van der Waals surface area contributed by atoms with Crippen LogP contribution in [0.15, 0.2) is 47.6 Å². The van der Waals surface area contributed by atoms with Gasteiger partial charge in [-0.05, 0) is 30.2 Å². The molecule has 1 aromatic carbocycles. The molecule has 2 rings (SSSR count). The lowest BCUT2D eigenvalue weighted by atomic mass is 10.2. The summed E-state index contributed by atoms with van der Waals surface area (Å²) in [4.78, 5) is 4.02. The van der Waals surface area contributed by atoms with E-state index in [9.17, 15) is 8.42 Å². The Hall–Kier alpha value is -1.43. The molecule has 20 heavy (non-hydrogen) atoms. The first-order valence-corrected chi connectivity index (χ1v) is 7.88. The highest BCUT2D eigenvalue weighted by Crippen LogP contribution is 2.19. The van der Waals surface area contributed by atoms with E-state index in [1.54, 1.807) is 30.3 Å². The second kappa shape index (κ2) is 6.35. The molecule has 1 aromatic heterocycles. The molecule has 0 unspecified atom stereocenters. The lowest BCUT2D eigenvalue weighted by Crippen LogP contribution is -2.07. The van der Waals surface area contributed by atoms with E-state index in [0.717, 1.165) is 12.0 Å². The third-order valence-electron chi connectivity index (χ3n) is 2.83. The number of benzene rings is 1. The van der Waals surface area contributed by atoms with Crippen molar-refractivity contribution in [3.05, 3.63) is 58.9 Å². The Balaban J connectivity index is 2.13. The molecule has 0 radical (unpaired) electrons. The van der Waals surface area contributed by atoms with Crippen molar-refractivity contribution >= 4 is 21.7 Å². The van der Waals surface area contributed by atoms with Crippen molar-refractivity contribution in [2.24, 2.45) is 0 Å². The van der Waals surface area contributed by atoms with Crippen molar-refractivity contribution in [3.63, 3.8) is 0 Å². The van der Waals surface area contributed by atoms with Crippen molar-refractivity contribution in [2.45, 2.75) is 24.8 Å². The number of halogens is 1. The molecule has 6 heteroatoms. The fourth-order valence-electron chi connectivity index (χ4n) is 1.62. The van der Waals surface area contributed by atoms with Crippen LogP contribution >= 0.6 is 11.6 Å². The van der Waals surface area contributed by atoms with Crippen molar-refractivity contribution < 1.29 is 12.6 Å². The summed E-state index contributed by atoms with van der Waals surface area (Å²) >= 11 is 5.92. The van der Waals surface area contributed by atoms with E-state index in [-0.39, 0.29) is 11.5 Å². The fraction of sp³-hybridized carbons (Fsp3) is 0.214. The maximum atomic E-state index is 12.0. The van der Waals surface area contributed by atoms with Crippen LogP contribution in [0.4, 0.5) is 0 Å². The van der Waals surface area contributed by atoms with Crippen LogP contribution in [0, 0.1) is 0 Å². The minimum Gasteiger partial charge on any atom is -0.264 e. The van der Waals surface area contributed by atoms with Gasteiger partial charge in [0, 0.05) is 23.0 Å². The molecule has 0 amide bonds. The predicted octanol–water partition coefficient (Wildman–Crippen LogP) is 3.20. The highest BCUT2D eigenvalue weighted by molar-refractivity contribution is 7.86. The number of pyridine rings is 1. The Kier molecular flexibility index (Phi) is 4.75. The van der Waals surface area contributed by atoms with Gasteiger partial charge in [0.1, 0.15) is 0 Å². The smallest absolute Gasteiger partial charge is 0.264 e. The molecule has 0 aliphatic rings. The first kappa shape index (κ1) is 15.0. The average Bonchev–Trinajstić information content (AvgIpc) is 2.46. The first-order chi connectivity index (χ1) is 9.53. The highest BCUT2D eigenvalue weighted by atomic mass is 35.5. The van der Waals surface area contributed by atoms with Crippen LogP contribution in [0.25, 0.3) is 0 Å². The zero-order valence-electron chi connectivity index (χ0n) is 10.9. The molecule has 2 aromatic rings. The molecule has 0 bridgehead atoms. The second-order valence-corrected chi connectivity index (χ2v) is 6.20. The molecule has 106 valence electrons. The summed E-state index contributed by atoms with van der Waals surface area (Å²) in [5, 5.41) is 0.427. The van der Waals surface area contributed by atoms with Gasteiger partial charge in [-0.25, -0.2) is 0 Å². The van der Waals surface area contributed by atoms with Crippen LogP contribution < -0.4 is 0 Å². The van der Waals surface area contributed by atoms with Gasteiger partial charge < -0.3 is 0 Å². The number of rotatable bonds is 5. The summed E-state index contributed by atoms with van der Waals surface area (Å²) in [6, 6.07) is 8.21. The number of nitrogens with zero attached hydrogens (tertiary/aromatic N) is 1. The Labute approximate surface area is 123 Å². The van der Waals surface area contributed by atoms with Crippen molar-refractivity contribution in [2.75, 3.05) is 0 Å². The van der Waals surface area contributed by atoms with E-state index in [1.165, 1.54) is 12.4 Å². The Morgan fingerprint density at radius 1 is 1.20 bits per heavy atom. The third-order valence-corrected chi connectivity index (χ3v) is 4.48. The second-order valence-electron chi connectivity index (χ2n) is 4.18. The Bertz CT molecular complexity index is 684. The van der Waals surface area contributed by atoms with Gasteiger partial charge in [-0.2, -0.15) is 8.42 Å². The minimum atomic E-state index is -3.79. The van der Waals surface area contributed by atoms with Gasteiger partial charge in [0.25, 0.3) is 10.1 Å². The van der Waals surface area contributed by atoms with Gasteiger partial charge >= 0.3 is 0 Å². The number of hydrogen-bond acceptors (Lipinski definition) is 4. The van der Waals surface area contributed by atoms with Crippen LogP contribution in [0.3, 0.4) is 0 Å². The molecule has 0 atom stereocenters. The third kappa shape index (κ3) is 3.56. The van der Waals surface area contributed by atoms with Crippen molar-refractivity contribution in [1.82, 2.24) is 4.98 Å². The van der Waals surface area contributed by atoms with Crippen LogP contribution in [0.2, 0.25) is 5.02 Å². The zero-order chi connectivity index (χ0) is 14.6. The SMILES string of the molecule is CCc1ccc(S(=O)(=O)OCc2cnccc2Cl)cc1.